The number of anilines is 1. The van der Waals surface area contributed by atoms with E-state index in [2.05, 4.69) is 10.6 Å². The molecule has 0 aromatic heterocycles. The first-order chi connectivity index (χ1) is 13.1. The van der Waals surface area contributed by atoms with Gasteiger partial charge in [-0.15, -0.1) is 0 Å². The van der Waals surface area contributed by atoms with Gasteiger partial charge in [-0.3, -0.25) is 9.59 Å². The van der Waals surface area contributed by atoms with Crippen LogP contribution in [-0.4, -0.2) is 18.4 Å². The molecule has 0 saturated carbocycles. The van der Waals surface area contributed by atoms with E-state index >= 15 is 0 Å². The molecule has 0 atom stereocenters. The van der Waals surface area contributed by atoms with Crippen LogP contribution in [0.1, 0.15) is 22.6 Å². The van der Waals surface area contributed by atoms with Crippen LogP contribution in [0.2, 0.25) is 0 Å². The van der Waals surface area contributed by atoms with E-state index in [9.17, 15) is 9.59 Å². The topological polar surface area (TPSA) is 58.2 Å². The summed E-state index contributed by atoms with van der Waals surface area (Å²) in [6.07, 6.45) is 0. The average Bonchev–Trinajstić information content (AvgIpc) is 2.70. The van der Waals surface area contributed by atoms with E-state index in [4.69, 9.17) is 0 Å². The molecule has 3 aromatic rings. The third-order valence-corrected chi connectivity index (χ3v) is 4.29. The minimum Gasteiger partial charge on any atom is -0.346 e. The van der Waals surface area contributed by atoms with Crippen LogP contribution >= 0.6 is 0 Å². The molecule has 0 bridgehead atoms. The van der Waals surface area contributed by atoms with Crippen molar-refractivity contribution < 1.29 is 9.59 Å². The predicted octanol–water partition coefficient (Wildman–Crippen LogP) is 3.88. The van der Waals surface area contributed by atoms with E-state index in [-0.39, 0.29) is 18.4 Å². The minimum atomic E-state index is -0.459. The molecule has 0 heterocycles. The Morgan fingerprint density at radius 2 is 1.30 bits per heavy atom. The average molecular weight is 358 g/mol. The Hall–Kier alpha value is -3.40. The molecule has 0 aliphatic carbocycles. The lowest BCUT2D eigenvalue weighted by atomic mass is 9.90. The van der Waals surface area contributed by atoms with Gasteiger partial charge < -0.3 is 10.6 Å². The molecule has 0 unspecified atom stereocenters. The highest BCUT2D eigenvalue weighted by Crippen LogP contribution is 2.24. The number of benzene rings is 3. The lowest BCUT2D eigenvalue weighted by Crippen LogP contribution is -2.36. The molecule has 0 spiro atoms. The first-order valence-corrected chi connectivity index (χ1v) is 8.87. The van der Waals surface area contributed by atoms with Crippen LogP contribution in [-0.2, 0) is 9.59 Å². The number of amides is 2. The van der Waals surface area contributed by atoms with E-state index < -0.39 is 5.92 Å². The van der Waals surface area contributed by atoms with Crippen molar-refractivity contribution in [3.8, 4) is 0 Å². The summed E-state index contributed by atoms with van der Waals surface area (Å²) in [6, 6.07) is 26.7. The molecule has 4 nitrogen and oxygen atoms in total. The van der Waals surface area contributed by atoms with Gasteiger partial charge in [0.1, 0.15) is 0 Å². The highest BCUT2D eigenvalue weighted by Gasteiger charge is 2.22. The van der Waals surface area contributed by atoms with Crippen molar-refractivity contribution in [1.82, 2.24) is 5.32 Å². The van der Waals surface area contributed by atoms with Gasteiger partial charge in [0.2, 0.25) is 11.8 Å². The fourth-order valence-corrected chi connectivity index (χ4v) is 2.90. The molecule has 27 heavy (non-hydrogen) atoms. The molecule has 136 valence electrons. The SMILES string of the molecule is Cc1ccc(NC(=O)CNC(=O)C(c2ccccc2)c2ccccc2)cc1. The molecular weight excluding hydrogens is 336 g/mol. The van der Waals surface area contributed by atoms with Crippen LogP contribution in [0.25, 0.3) is 0 Å². The number of carbonyl (C=O) groups excluding carboxylic acids is 2. The molecule has 0 radical (unpaired) electrons. The summed E-state index contributed by atoms with van der Waals surface area (Å²) in [5.74, 6) is -0.918. The summed E-state index contributed by atoms with van der Waals surface area (Å²) < 4.78 is 0. The van der Waals surface area contributed by atoms with E-state index in [1.165, 1.54) is 0 Å². The molecule has 0 saturated heterocycles. The standard InChI is InChI=1S/C23H22N2O2/c1-17-12-14-20(15-13-17)25-21(26)16-24-23(27)22(18-8-4-2-5-9-18)19-10-6-3-7-11-19/h2-15,22H,16H2,1H3,(H,24,27)(H,25,26). The normalized spacial score (nSPS) is 10.4. The molecular formula is C23H22N2O2. The van der Waals surface area contributed by atoms with E-state index in [1.54, 1.807) is 0 Å². The van der Waals surface area contributed by atoms with Crippen LogP contribution in [0.4, 0.5) is 5.69 Å². The fourth-order valence-electron chi connectivity index (χ4n) is 2.90. The Morgan fingerprint density at radius 1 is 0.778 bits per heavy atom. The molecule has 4 heteroatoms. The Morgan fingerprint density at radius 3 is 1.81 bits per heavy atom. The third kappa shape index (κ3) is 5.05. The molecule has 0 aliphatic rings. The molecule has 0 fully saturated rings. The van der Waals surface area contributed by atoms with Gasteiger partial charge in [-0.2, -0.15) is 0 Å². The van der Waals surface area contributed by atoms with Gasteiger partial charge in [-0.1, -0.05) is 78.4 Å². The monoisotopic (exact) mass is 358 g/mol. The first kappa shape index (κ1) is 18.4. The van der Waals surface area contributed by atoms with Crippen molar-refractivity contribution in [3.05, 3.63) is 102 Å². The number of nitrogens with one attached hydrogen (secondary N) is 2. The minimum absolute atomic E-state index is 0.0805. The van der Waals surface area contributed by atoms with Crippen LogP contribution in [0.5, 0.6) is 0 Å². The molecule has 2 amide bonds. The van der Waals surface area contributed by atoms with Crippen molar-refractivity contribution >= 4 is 17.5 Å². The zero-order valence-electron chi connectivity index (χ0n) is 15.2. The van der Waals surface area contributed by atoms with Gasteiger partial charge in [0, 0.05) is 5.69 Å². The first-order valence-electron chi connectivity index (χ1n) is 8.87. The zero-order valence-corrected chi connectivity index (χ0v) is 15.2. The number of hydrogen-bond donors (Lipinski definition) is 2. The Labute approximate surface area is 159 Å². The van der Waals surface area contributed by atoms with Gasteiger partial charge >= 0.3 is 0 Å². The molecule has 0 aliphatic heterocycles. The Balaban J connectivity index is 1.68. The van der Waals surface area contributed by atoms with Crippen molar-refractivity contribution in [2.24, 2.45) is 0 Å². The highest BCUT2D eigenvalue weighted by atomic mass is 16.2. The summed E-state index contributed by atoms with van der Waals surface area (Å²) in [5, 5.41) is 5.55. The summed E-state index contributed by atoms with van der Waals surface area (Å²) in [6.45, 7) is 1.90. The summed E-state index contributed by atoms with van der Waals surface area (Å²) >= 11 is 0. The predicted molar refractivity (Wildman–Crippen MR) is 108 cm³/mol. The maximum Gasteiger partial charge on any atom is 0.243 e. The zero-order chi connectivity index (χ0) is 19.1. The second kappa shape index (κ2) is 8.81. The van der Waals surface area contributed by atoms with Crippen LogP contribution in [0, 0.1) is 6.92 Å². The fraction of sp³-hybridized carbons (Fsp3) is 0.130. The van der Waals surface area contributed by atoms with Gasteiger partial charge in [0.05, 0.1) is 12.5 Å². The maximum absolute atomic E-state index is 12.9. The van der Waals surface area contributed by atoms with Gasteiger partial charge in [-0.25, -0.2) is 0 Å². The quantitative estimate of drug-likeness (QED) is 0.702. The van der Waals surface area contributed by atoms with Crippen LogP contribution < -0.4 is 10.6 Å². The lowest BCUT2D eigenvalue weighted by Gasteiger charge is -2.18. The largest absolute Gasteiger partial charge is 0.346 e. The van der Waals surface area contributed by atoms with E-state index in [1.807, 2.05) is 91.9 Å². The highest BCUT2D eigenvalue weighted by molar-refractivity contribution is 5.96. The number of carbonyl (C=O) groups is 2. The van der Waals surface area contributed by atoms with Crippen molar-refractivity contribution in [2.75, 3.05) is 11.9 Å². The van der Waals surface area contributed by atoms with Gasteiger partial charge in [0.15, 0.2) is 0 Å². The molecule has 3 aromatic carbocycles. The van der Waals surface area contributed by atoms with E-state index in [0.29, 0.717) is 5.69 Å². The van der Waals surface area contributed by atoms with Crippen molar-refractivity contribution in [1.29, 1.82) is 0 Å². The summed E-state index contributed by atoms with van der Waals surface area (Å²) in [7, 11) is 0. The number of rotatable bonds is 6. The van der Waals surface area contributed by atoms with Crippen LogP contribution in [0.15, 0.2) is 84.9 Å². The van der Waals surface area contributed by atoms with Crippen molar-refractivity contribution in [3.63, 3.8) is 0 Å². The third-order valence-electron chi connectivity index (χ3n) is 4.29. The van der Waals surface area contributed by atoms with Crippen molar-refractivity contribution in [2.45, 2.75) is 12.8 Å². The number of aryl methyl sites for hydroxylation is 1. The number of hydrogen-bond acceptors (Lipinski definition) is 2. The Kier molecular flexibility index (Phi) is 6.00. The summed E-state index contributed by atoms with van der Waals surface area (Å²) in [5.41, 5.74) is 3.61. The van der Waals surface area contributed by atoms with Gasteiger partial charge in [0.25, 0.3) is 0 Å². The van der Waals surface area contributed by atoms with Gasteiger partial charge in [-0.05, 0) is 30.2 Å². The maximum atomic E-state index is 12.9. The Bertz CT molecular complexity index is 851. The second-order valence-corrected chi connectivity index (χ2v) is 6.39. The van der Waals surface area contributed by atoms with E-state index in [0.717, 1.165) is 16.7 Å². The second-order valence-electron chi connectivity index (χ2n) is 6.39. The smallest absolute Gasteiger partial charge is 0.243 e. The van der Waals surface area contributed by atoms with Crippen LogP contribution in [0.3, 0.4) is 0 Å². The molecule has 2 N–H and O–H groups in total. The summed E-state index contributed by atoms with van der Waals surface area (Å²) in [4.78, 5) is 25.0. The lowest BCUT2D eigenvalue weighted by molar-refractivity contribution is -0.124. The molecule has 3 rings (SSSR count).